The highest BCUT2D eigenvalue weighted by molar-refractivity contribution is 5.97. The van der Waals surface area contributed by atoms with Crippen LogP contribution in [0.15, 0.2) is 6.07 Å². The molecule has 0 amide bonds. The maximum absolute atomic E-state index is 16.7. The molecular formula is C31H37F5N8O2. The summed E-state index contributed by atoms with van der Waals surface area (Å²) in [5.74, 6) is -1.02. The van der Waals surface area contributed by atoms with Gasteiger partial charge in [0, 0.05) is 49.7 Å². The fourth-order valence-electron chi connectivity index (χ4n) is 7.12. The molecule has 0 radical (unpaired) electrons. The minimum atomic E-state index is -4.87. The summed E-state index contributed by atoms with van der Waals surface area (Å²) in [7, 11) is 0. The Morgan fingerprint density at radius 3 is 2.57 bits per heavy atom. The van der Waals surface area contributed by atoms with Gasteiger partial charge in [0.1, 0.15) is 40.0 Å². The quantitative estimate of drug-likeness (QED) is 0.350. The molecule has 3 atom stereocenters. The molecule has 3 aromatic rings. The smallest absolute Gasteiger partial charge is 0.418 e. The van der Waals surface area contributed by atoms with Gasteiger partial charge in [0.15, 0.2) is 5.82 Å². The average Bonchev–Trinajstić information content (AvgIpc) is 3.75. The van der Waals surface area contributed by atoms with E-state index in [1.54, 1.807) is 6.92 Å². The number of alkyl halides is 4. The van der Waals surface area contributed by atoms with E-state index in [9.17, 15) is 17.6 Å². The first-order valence-corrected chi connectivity index (χ1v) is 15.6. The van der Waals surface area contributed by atoms with Gasteiger partial charge in [-0.05, 0) is 46.1 Å². The van der Waals surface area contributed by atoms with Crippen molar-refractivity contribution >= 4 is 22.5 Å². The van der Waals surface area contributed by atoms with E-state index in [0.29, 0.717) is 38.5 Å². The lowest BCUT2D eigenvalue weighted by molar-refractivity contribution is -0.137. The molecule has 0 aromatic carbocycles. The molecule has 46 heavy (non-hydrogen) atoms. The SMILES string of the molecule is CC[C@@H]1CN2c3nc(OCC4(CN5CC(C)(F)C5)CC4)nc4c(F)c(-c5cc(N)nc(C)c5C(F)(F)F)nc(c34)O[C@@H](C)[C@@H]2CN1. The van der Waals surface area contributed by atoms with Crippen LogP contribution >= 0.6 is 0 Å². The monoisotopic (exact) mass is 648 g/mol. The zero-order valence-corrected chi connectivity index (χ0v) is 26.1. The Hall–Kier alpha value is -3.59. The van der Waals surface area contributed by atoms with Crippen LogP contribution in [0.25, 0.3) is 22.2 Å². The minimum absolute atomic E-state index is 0.0743. The van der Waals surface area contributed by atoms with Crippen LogP contribution in [0.2, 0.25) is 0 Å². The number of hydrogen-bond acceptors (Lipinski definition) is 10. The van der Waals surface area contributed by atoms with Crippen molar-refractivity contribution in [3.63, 3.8) is 0 Å². The zero-order chi connectivity index (χ0) is 32.8. The third-order valence-corrected chi connectivity index (χ3v) is 9.64. The van der Waals surface area contributed by atoms with Gasteiger partial charge in [0.2, 0.25) is 5.88 Å². The second kappa shape index (κ2) is 10.7. The molecule has 1 saturated carbocycles. The van der Waals surface area contributed by atoms with Gasteiger partial charge < -0.3 is 25.4 Å². The number of piperazine rings is 1. The van der Waals surface area contributed by atoms with Crippen LogP contribution in [0.4, 0.5) is 33.6 Å². The lowest BCUT2D eigenvalue weighted by Crippen LogP contribution is -2.60. The molecule has 10 nitrogen and oxygen atoms in total. The first kappa shape index (κ1) is 31.0. The van der Waals surface area contributed by atoms with Crippen molar-refractivity contribution in [1.29, 1.82) is 0 Å². The van der Waals surface area contributed by atoms with E-state index in [0.717, 1.165) is 25.3 Å². The largest absolute Gasteiger partial charge is 0.472 e. The zero-order valence-electron chi connectivity index (χ0n) is 26.1. The summed E-state index contributed by atoms with van der Waals surface area (Å²) in [6.07, 6.45) is -2.77. The molecule has 0 bridgehead atoms. The number of fused-ring (bicyclic) bond motifs is 2. The summed E-state index contributed by atoms with van der Waals surface area (Å²) >= 11 is 0. The number of likely N-dealkylation sites (tertiary alicyclic amines) is 1. The van der Waals surface area contributed by atoms with Gasteiger partial charge in [-0.1, -0.05) is 6.92 Å². The summed E-state index contributed by atoms with van der Waals surface area (Å²) < 4.78 is 86.2. The Balaban J connectivity index is 1.36. The predicted octanol–water partition coefficient (Wildman–Crippen LogP) is 4.68. The maximum atomic E-state index is 16.7. The highest BCUT2D eigenvalue weighted by Gasteiger charge is 2.50. The predicted molar refractivity (Wildman–Crippen MR) is 161 cm³/mol. The number of aryl methyl sites for hydroxylation is 1. The molecule has 7 rings (SSSR count). The molecule has 1 aliphatic carbocycles. The van der Waals surface area contributed by atoms with Gasteiger partial charge >= 0.3 is 12.2 Å². The van der Waals surface area contributed by atoms with Crippen LogP contribution < -0.4 is 25.4 Å². The topological polar surface area (TPSA) is 115 Å². The molecule has 3 N–H and O–H groups in total. The molecular weight excluding hydrogens is 611 g/mol. The summed E-state index contributed by atoms with van der Waals surface area (Å²) in [5.41, 5.74) is 1.48. The van der Waals surface area contributed by atoms with Gasteiger partial charge in [-0.3, -0.25) is 4.90 Å². The van der Waals surface area contributed by atoms with Gasteiger partial charge in [-0.25, -0.2) is 18.7 Å². The van der Waals surface area contributed by atoms with Crippen molar-refractivity contribution in [1.82, 2.24) is 30.2 Å². The Kier molecular flexibility index (Phi) is 7.23. The molecule has 6 heterocycles. The Bertz CT molecular complexity index is 1690. The van der Waals surface area contributed by atoms with Crippen molar-refractivity contribution in [2.45, 2.75) is 77.0 Å². The normalized spacial score (nSPS) is 25.0. The molecule has 4 aliphatic rings. The Morgan fingerprint density at radius 1 is 1.17 bits per heavy atom. The summed E-state index contributed by atoms with van der Waals surface area (Å²) in [4.78, 5) is 21.4. The number of nitrogen functional groups attached to an aromatic ring is 1. The van der Waals surface area contributed by atoms with Crippen molar-refractivity contribution in [2.24, 2.45) is 5.41 Å². The number of halogens is 5. The van der Waals surface area contributed by atoms with E-state index >= 15 is 4.39 Å². The van der Waals surface area contributed by atoms with E-state index in [4.69, 9.17) is 20.2 Å². The van der Waals surface area contributed by atoms with E-state index in [1.165, 1.54) is 6.92 Å². The van der Waals surface area contributed by atoms with Crippen LogP contribution in [0.1, 0.15) is 51.3 Å². The van der Waals surface area contributed by atoms with Gasteiger partial charge in [-0.2, -0.15) is 23.1 Å². The highest BCUT2D eigenvalue weighted by Crippen LogP contribution is 2.49. The van der Waals surface area contributed by atoms with Crippen LogP contribution in [0.3, 0.4) is 0 Å². The van der Waals surface area contributed by atoms with Crippen molar-refractivity contribution in [3.8, 4) is 23.1 Å². The number of aromatic nitrogens is 4. The van der Waals surface area contributed by atoms with Gasteiger partial charge in [-0.15, -0.1) is 0 Å². The van der Waals surface area contributed by atoms with Crippen molar-refractivity contribution < 1.29 is 31.4 Å². The Labute approximate surface area is 262 Å². The second-order valence-electron chi connectivity index (χ2n) is 13.6. The number of rotatable bonds is 7. The number of nitrogens with one attached hydrogen (secondary N) is 1. The van der Waals surface area contributed by atoms with E-state index < -0.39 is 46.3 Å². The first-order chi connectivity index (χ1) is 21.7. The van der Waals surface area contributed by atoms with Gasteiger partial charge in [0.25, 0.3) is 0 Å². The van der Waals surface area contributed by atoms with Crippen molar-refractivity contribution in [2.75, 3.05) is 50.0 Å². The van der Waals surface area contributed by atoms with Crippen LogP contribution in [0.5, 0.6) is 11.9 Å². The minimum Gasteiger partial charge on any atom is -0.472 e. The van der Waals surface area contributed by atoms with E-state index in [2.05, 4.69) is 27.2 Å². The first-order valence-electron chi connectivity index (χ1n) is 15.6. The number of pyridine rings is 2. The number of ether oxygens (including phenoxy) is 2. The van der Waals surface area contributed by atoms with Crippen LogP contribution in [0, 0.1) is 18.2 Å². The van der Waals surface area contributed by atoms with Gasteiger partial charge in [0.05, 0.1) is 23.9 Å². The lowest BCUT2D eigenvalue weighted by Gasteiger charge is -2.43. The van der Waals surface area contributed by atoms with Crippen molar-refractivity contribution in [3.05, 3.63) is 23.1 Å². The average molecular weight is 649 g/mol. The number of nitrogens with zero attached hydrogens (tertiary/aromatic N) is 6. The molecule has 0 spiro atoms. The third kappa shape index (κ3) is 5.44. The van der Waals surface area contributed by atoms with Crippen LogP contribution in [-0.4, -0.2) is 88.0 Å². The summed E-state index contributed by atoms with van der Waals surface area (Å²) in [6.45, 7) is 9.31. The van der Waals surface area contributed by atoms with E-state index in [1.807, 2.05) is 16.7 Å². The molecule has 3 aliphatic heterocycles. The third-order valence-electron chi connectivity index (χ3n) is 9.64. The Morgan fingerprint density at radius 2 is 1.91 bits per heavy atom. The molecule has 3 fully saturated rings. The molecule has 2 saturated heterocycles. The summed E-state index contributed by atoms with van der Waals surface area (Å²) in [5, 5.41) is 3.67. The molecule has 0 unspecified atom stereocenters. The fourth-order valence-corrected chi connectivity index (χ4v) is 7.12. The van der Waals surface area contributed by atoms with E-state index in [-0.39, 0.29) is 52.7 Å². The lowest BCUT2D eigenvalue weighted by atomic mass is 9.96. The summed E-state index contributed by atoms with van der Waals surface area (Å²) in [6, 6.07) is 0.736. The fraction of sp³-hybridized carbons (Fsp3) is 0.613. The highest BCUT2D eigenvalue weighted by atomic mass is 19.4. The molecule has 15 heteroatoms. The maximum Gasteiger partial charge on any atom is 0.418 e. The number of nitrogens with two attached hydrogens (primary N) is 1. The number of anilines is 2. The number of hydrogen-bond donors (Lipinski definition) is 2. The van der Waals surface area contributed by atoms with Crippen LogP contribution in [-0.2, 0) is 6.18 Å². The molecule has 248 valence electrons. The second-order valence-corrected chi connectivity index (χ2v) is 13.6. The molecule has 3 aromatic heterocycles. The standard InChI is InChI=1S/C31H37F5N8O2/c1-5-17-10-44-19(9-38-17)16(3)46-27-21-25(23(32)24(40-27)18-8-20(37)39-15(2)22(18)31(34,35)36)41-28(42-26(21)44)45-14-30(6-7-30)13-43-11-29(4,33)12-43/h8,16-17,19,38H,5-7,9-14H2,1-4H3,(H2,37,39)/t16-,17+,19-/m0/s1.